The summed E-state index contributed by atoms with van der Waals surface area (Å²) in [6, 6.07) is 0. The molecule has 1 aliphatic heterocycles. The molecule has 0 aromatic carbocycles. The number of carbonyl (C=O) groups is 2. The largest absolute Gasteiger partial charge is 0.406 e. The molecule has 0 aromatic heterocycles. The fraction of sp³-hybridized carbons (Fsp3) is 0.714. The molecule has 21 heavy (non-hydrogen) atoms. The average molecular weight is 306 g/mol. The molecule has 1 heterocycles. The first-order valence-corrected chi connectivity index (χ1v) is 7.05. The number of halogens is 3. The van der Waals surface area contributed by atoms with Crippen LogP contribution in [-0.2, 0) is 9.59 Å². The average Bonchev–Trinajstić information content (AvgIpc) is 2.44. The molecule has 0 aromatic rings. The number of alkyl halides is 3. The molecule has 0 N–H and O–H groups in total. The molecular weight excluding hydrogens is 285 g/mol. The number of nitrogens with zero attached hydrogens (tertiary/aromatic N) is 2. The maximum absolute atomic E-state index is 12.5. The van der Waals surface area contributed by atoms with Crippen LogP contribution in [-0.4, -0.2) is 54.0 Å². The molecule has 0 radical (unpaired) electrons. The van der Waals surface area contributed by atoms with Gasteiger partial charge in [-0.15, -0.1) is 0 Å². The van der Waals surface area contributed by atoms with E-state index in [0.717, 1.165) is 11.0 Å². The van der Waals surface area contributed by atoms with E-state index in [4.69, 9.17) is 0 Å². The van der Waals surface area contributed by atoms with Gasteiger partial charge in [0.25, 0.3) is 0 Å². The first-order chi connectivity index (χ1) is 9.78. The highest BCUT2D eigenvalue weighted by atomic mass is 19.4. The Labute approximate surface area is 122 Å². The van der Waals surface area contributed by atoms with E-state index in [-0.39, 0.29) is 19.0 Å². The fourth-order valence-corrected chi connectivity index (χ4v) is 2.52. The van der Waals surface area contributed by atoms with Crippen LogP contribution >= 0.6 is 0 Å². The van der Waals surface area contributed by atoms with Crippen molar-refractivity contribution in [3.05, 3.63) is 12.7 Å². The number of hydrogen-bond donors (Lipinski definition) is 0. The summed E-state index contributed by atoms with van der Waals surface area (Å²) >= 11 is 0. The second-order valence-corrected chi connectivity index (χ2v) is 5.20. The van der Waals surface area contributed by atoms with Crippen LogP contribution < -0.4 is 0 Å². The molecule has 7 heteroatoms. The van der Waals surface area contributed by atoms with Crippen molar-refractivity contribution < 1.29 is 22.8 Å². The maximum atomic E-state index is 12.5. The number of rotatable bonds is 5. The lowest BCUT2D eigenvalue weighted by Gasteiger charge is -2.34. The van der Waals surface area contributed by atoms with E-state index in [1.165, 1.54) is 4.90 Å². The molecule has 0 aliphatic carbocycles. The molecule has 1 fully saturated rings. The zero-order valence-electron chi connectivity index (χ0n) is 12.2. The van der Waals surface area contributed by atoms with Gasteiger partial charge in [-0.05, 0) is 25.3 Å². The Bertz CT molecular complexity index is 396. The Balaban J connectivity index is 2.73. The monoisotopic (exact) mass is 306 g/mol. The van der Waals surface area contributed by atoms with Crippen molar-refractivity contribution in [1.29, 1.82) is 0 Å². The summed E-state index contributed by atoms with van der Waals surface area (Å²) in [7, 11) is 0. The minimum atomic E-state index is -4.41. The van der Waals surface area contributed by atoms with Crippen molar-refractivity contribution in [2.45, 2.75) is 32.4 Å². The molecule has 0 bridgehead atoms. The molecule has 0 spiro atoms. The van der Waals surface area contributed by atoms with Crippen LogP contribution in [0.15, 0.2) is 12.7 Å². The minimum Gasteiger partial charge on any atom is -0.338 e. The highest BCUT2D eigenvalue weighted by Crippen LogP contribution is 2.22. The van der Waals surface area contributed by atoms with Gasteiger partial charge >= 0.3 is 6.18 Å². The first-order valence-electron chi connectivity index (χ1n) is 7.05. The van der Waals surface area contributed by atoms with Gasteiger partial charge in [-0.3, -0.25) is 9.59 Å². The Morgan fingerprint density at radius 3 is 2.62 bits per heavy atom. The van der Waals surface area contributed by atoms with Crippen molar-refractivity contribution >= 4 is 11.8 Å². The van der Waals surface area contributed by atoms with Gasteiger partial charge in [0.2, 0.25) is 11.8 Å². The zero-order valence-corrected chi connectivity index (χ0v) is 12.2. The molecule has 1 unspecified atom stereocenters. The highest BCUT2D eigenvalue weighted by molar-refractivity contribution is 5.88. The van der Waals surface area contributed by atoms with E-state index < -0.39 is 24.5 Å². The molecule has 1 rings (SSSR count). The van der Waals surface area contributed by atoms with Gasteiger partial charge in [0, 0.05) is 19.6 Å². The quantitative estimate of drug-likeness (QED) is 0.731. The normalized spacial score (nSPS) is 19.2. The molecule has 1 aliphatic rings. The Hall–Kier alpha value is -1.53. The predicted molar refractivity (Wildman–Crippen MR) is 72.4 cm³/mol. The summed E-state index contributed by atoms with van der Waals surface area (Å²) in [5.41, 5.74) is 0. The van der Waals surface area contributed by atoms with Gasteiger partial charge in [-0.2, -0.15) is 13.2 Å². The van der Waals surface area contributed by atoms with Crippen LogP contribution in [0.4, 0.5) is 13.2 Å². The number of hydrogen-bond acceptors (Lipinski definition) is 2. The van der Waals surface area contributed by atoms with Gasteiger partial charge in [0.05, 0.1) is 5.92 Å². The summed E-state index contributed by atoms with van der Waals surface area (Å²) in [5.74, 6) is -1.36. The third kappa shape index (κ3) is 5.40. The van der Waals surface area contributed by atoms with Crippen LogP contribution in [0, 0.1) is 5.92 Å². The number of amides is 2. The van der Waals surface area contributed by atoms with Gasteiger partial charge in [-0.25, -0.2) is 0 Å². The third-order valence-electron chi connectivity index (χ3n) is 3.43. The molecule has 0 saturated carbocycles. The Morgan fingerprint density at radius 2 is 2.10 bits per heavy atom. The molecular formula is C14H21F3N2O2. The van der Waals surface area contributed by atoms with E-state index in [9.17, 15) is 22.8 Å². The summed E-state index contributed by atoms with van der Waals surface area (Å²) in [5, 5.41) is 0. The van der Waals surface area contributed by atoms with E-state index >= 15 is 0 Å². The predicted octanol–water partition coefficient (Wildman–Crippen LogP) is 2.21. The summed E-state index contributed by atoms with van der Waals surface area (Å²) in [6.07, 6.45) is -1.66. The third-order valence-corrected chi connectivity index (χ3v) is 3.43. The molecule has 1 saturated heterocycles. The maximum Gasteiger partial charge on any atom is 0.406 e. The summed E-state index contributed by atoms with van der Waals surface area (Å²) in [4.78, 5) is 26.2. The molecule has 1 atom stereocenters. The van der Waals surface area contributed by atoms with Crippen LogP contribution in [0.2, 0.25) is 0 Å². The van der Waals surface area contributed by atoms with Crippen molar-refractivity contribution in [1.82, 2.24) is 9.80 Å². The SMILES string of the molecule is C=CC(=O)N1CCCC(C(=O)N(CCC)CC(F)(F)F)C1. The molecule has 120 valence electrons. The zero-order chi connectivity index (χ0) is 16.0. The van der Waals surface area contributed by atoms with Gasteiger partial charge in [0.15, 0.2) is 0 Å². The molecule has 4 nitrogen and oxygen atoms in total. The van der Waals surface area contributed by atoms with E-state index in [2.05, 4.69) is 6.58 Å². The standard InChI is InChI=1S/C14H21F3N2O2/c1-3-7-19(10-14(15,16)17)13(21)11-6-5-8-18(9-11)12(20)4-2/h4,11H,2-3,5-10H2,1H3. The van der Waals surface area contributed by atoms with E-state index in [1.807, 2.05) is 0 Å². The van der Waals surface area contributed by atoms with Crippen LogP contribution in [0.1, 0.15) is 26.2 Å². The van der Waals surface area contributed by atoms with Crippen molar-refractivity contribution in [3.63, 3.8) is 0 Å². The Morgan fingerprint density at radius 1 is 1.43 bits per heavy atom. The van der Waals surface area contributed by atoms with Gasteiger partial charge < -0.3 is 9.80 Å². The fourth-order valence-electron chi connectivity index (χ4n) is 2.52. The Kier molecular flexibility index (Phi) is 6.23. The highest BCUT2D eigenvalue weighted by Gasteiger charge is 2.36. The lowest BCUT2D eigenvalue weighted by molar-refractivity contribution is -0.165. The van der Waals surface area contributed by atoms with E-state index in [0.29, 0.717) is 25.8 Å². The van der Waals surface area contributed by atoms with Crippen molar-refractivity contribution in [2.75, 3.05) is 26.2 Å². The molecule has 2 amide bonds. The second kappa shape index (κ2) is 7.47. The number of piperidine rings is 1. The van der Waals surface area contributed by atoms with Crippen LogP contribution in [0.25, 0.3) is 0 Å². The smallest absolute Gasteiger partial charge is 0.338 e. The second-order valence-electron chi connectivity index (χ2n) is 5.20. The lowest BCUT2D eigenvalue weighted by Crippen LogP contribution is -2.48. The van der Waals surface area contributed by atoms with Crippen LogP contribution in [0.5, 0.6) is 0 Å². The summed E-state index contributed by atoms with van der Waals surface area (Å²) < 4.78 is 37.6. The first kappa shape index (κ1) is 17.5. The topological polar surface area (TPSA) is 40.6 Å². The van der Waals surface area contributed by atoms with Crippen molar-refractivity contribution in [3.8, 4) is 0 Å². The number of carbonyl (C=O) groups excluding carboxylic acids is 2. The van der Waals surface area contributed by atoms with E-state index in [1.54, 1.807) is 6.92 Å². The minimum absolute atomic E-state index is 0.0737. The van der Waals surface area contributed by atoms with Crippen molar-refractivity contribution in [2.24, 2.45) is 5.92 Å². The number of likely N-dealkylation sites (tertiary alicyclic amines) is 1. The van der Waals surface area contributed by atoms with Gasteiger partial charge in [-0.1, -0.05) is 13.5 Å². The summed E-state index contributed by atoms with van der Waals surface area (Å²) in [6.45, 7) is 4.64. The van der Waals surface area contributed by atoms with Gasteiger partial charge in [0.1, 0.15) is 6.54 Å². The van der Waals surface area contributed by atoms with Crippen LogP contribution in [0.3, 0.4) is 0 Å². The lowest BCUT2D eigenvalue weighted by atomic mass is 9.96.